The standard InChI is InChI=1S/C21H29N3O3/c1-14(2)20(17-6-7-18-19(12-17)27-11-5-10-26-18)23-21(25)15(3)13-24-9-8-22-16(24)4/h6-9,12,14-15,20H,5,10-11,13H2,1-4H3,(H,23,25)/t15-,20+/m1/s1. The zero-order chi connectivity index (χ0) is 19.4. The Morgan fingerprint density at radius 3 is 2.63 bits per heavy atom. The summed E-state index contributed by atoms with van der Waals surface area (Å²) in [5.74, 6) is 2.58. The van der Waals surface area contributed by atoms with Gasteiger partial charge in [0.15, 0.2) is 11.5 Å². The van der Waals surface area contributed by atoms with Crippen LogP contribution in [0.5, 0.6) is 11.5 Å². The largest absolute Gasteiger partial charge is 0.490 e. The number of rotatable bonds is 6. The molecule has 1 aliphatic rings. The molecule has 0 aliphatic carbocycles. The molecule has 0 radical (unpaired) electrons. The molecule has 0 saturated carbocycles. The number of hydrogen-bond acceptors (Lipinski definition) is 4. The minimum absolute atomic E-state index is 0.0360. The van der Waals surface area contributed by atoms with Gasteiger partial charge in [0.1, 0.15) is 5.82 Å². The summed E-state index contributed by atoms with van der Waals surface area (Å²) in [4.78, 5) is 17.0. The Hall–Kier alpha value is -2.50. The van der Waals surface area contributed by atoms with E-state index in [0.717, 1.165) is 29.3 Å². The number of aromatic nitrogens is 2. The summed E-state index contributed by atoms with van der Waals surface area (Å²) in [6.07, 6.45) is 4.54. The van der Waals surface area contributed by atoms with E-state index >= 15 is 0 Å². The lowest BCUT2D eigenvalue weighted by atomic mass is 9.94. The fourth-order valence-electron chi connectivity index (χ4n) is 3.28. The van der Waals surface area contributed by atoms with Gasteiger partial charge in [0.2, 0.25) is 5.91 Å². The lowest BCUT2D eigenvalue weighted by Crippen LogP contribution is -2.36. The van der Waals surface area contributed by atoms with E-state index in [-0.39, 0.29) is 23.8 Å². The highest BCUT2D eigenvalue weighted by Gasteiger charge is 2.23. The molecule has 6 heteroatoms. The molecule has 0 spiro atoms. The molecule has 1 aromatic heterocycles. The third-order valence-corrected chi connectivity index (χ3v) is 4.94. The summed E-state index contributed by atoms with van der Waals surface area (Å²) in [7, 11) is 0. The van der Waals surface area contributed by atoms with Crippen molar-refractivity contribution >= 4 is 5.91 Å². The van der Waals surface area contributed by atoms with Crippen LogP contribution in [0.1, 0.15) is 44.6 Å². The molecule has 1 aliphatic heterocycles. The molecule has 2 aromatic rings. The molecule has 1 aromatic carbocycles. The second-order valence-corrected chi connectivity index (χ2v) is 7.51. The molecule has 6 nitrogen and oxygen atoms in total. The third kappa shape index (κ3) is 4.62. The fourth-order valence-corrected chi connectivity index (χ4v) is 3.28. The third-order valence-electron chi connectivity index (χ3n) is 4.94. The molecule has 0 bridgehead atoms. The first-order valence-corrected chi connectivity index (χ1v) is 9.63. The smallest absolute Gasteiger partial charge is 0.225 e. The average Bonchev–Trinajstić information content (AvgIpc) is 2.90. The van der Waals surface area contributed by atoms with Crippen LogP contribution in [0, 0.1) is 18.8 Å². The van der Waals surface area contributed by atoms with Gasteiger partial charge >= 0.3 is 0 Å². The van der Waals surface area contributed by atoms with Gasteiger partial charge < -0.3 is 19.4 Å². The number of imidazole rings is 1. The number of ether oxygens (including phenoxy) is 2. The molecule has 0 saturated heterocycles. The second kappa shape index (κ2) is 8.46. The minimum Gasteiger partial charge on any atom is -0.490 e. The van der Waals surface area contributed by atoms with Crippen LogP contribution in [0.25, 0.3) is 0 Å². The van der Waals surface area contributed by atoms with E-state index in [1.165, 1.54) is 0 Å². The molecule has 27 heavy (non-hydrogen) atoms. The van der Waals surface area contributed by atoms with Crippen LogP contribution in [0.3, 0.4) is 0 Å². The first-order chi connectivity index (χ1) is 13.0. The highest BCUT2D eigenvalue weighted by atomic mass is 16.5. The SMILES string of the molecule is Cc1nccn1C[C@@H](C)C(=O)N[C@H](c1ccc2c(c1)OCCCO2)C(C)C. The van der Waals surface area contributed by atoms with Crippen molar-refractivity contribution in [2.75, 3.05) is 13.2 Å². The average molecular weight is 371 g/mol. The molecular formula is C21H29N3O3. The van der Waals surface area contributed by atoms with Gasteiger partial charge in [0.05, 0.1) is 25.2 Å². The zero-order valence-electron chi connectivity index (χ0n) is 16.6. The monoisotopic (exact) mass is 371 g/mol. The van der Waals surface area contributed by atoms with E-state index in [9.17, 15) is 4.79 Å². The highest BCUT2D eigenvalue weighted by molar-refractivity contribution is 5.78. The van der Waals surface area contributed by atoms with E-state index in [1.54, 1.807) is 6.20 Å². The van der Waals surface area contributed by atoms with Crippen molar-refractivity contribution in [2.45, 2.75) is 46.7 Å². The van der Waals surface area contributed by atoms with E-state index in [4.69, 9.17) is 9.47 Å². The molecule has 146 valence electrons. The maximum absolute atomic E-state index is 12.8. The number of carbonyl (C=O) groups is 1. The van der Waals surface area contributed by atoms with Crippen molar-refractivity contribution in [2.24, 2.45) is 11.8 Å². The number of fused-ring (bicyclic) bond motifs is 1. The van der Waals surface area contributed by atoms with E-state index in [1.807, 2.05) is 42.8 Å². The fraction of sp³-hybridized carbons (Fsp3) is 0.524. The predicted octanol–water partition coefficient (Wildman–Crippen LogP) is 3.50. The first kappa shape index (κ1) is 19.3. The Kier molecular flexibility index (Phi) is 6.04. The lowest BCUT2D eigenvalue weighted by Gasteiger charge is -2.25. The minimum atomic E-state index is -0.153. The Labute approximate surface area is 160 Å². The van der Waals surface area contributed by atoms with Crippen LogP contribution in [-0.4, -0.2) is 28.7 Å². The predicted molar refractivity (Wildman–Crippen MR) is 104 cm³/mol. The summed E-state index contributed by atoms with van der Waals surface area (Å²) >= 11 is 0. The zero-order valence-corrected chi connectivity index (χ0v) is 16.6. The van der Waals surface area contributed by atoms with Crippen LogP contribution in [-0.2, 0) is 11.3 Å². The highest BCUT2D eigenvalue weighted by Crippen LogP contribution is 2.34. The van der Waals surface area contributed by atoms with Crippen LogP contribution in [0.4, 0.5) is 0 Å². The summed E-state index contributed by atoms with van der Waals surface area (Å²) in [5.41, 5.74) is 1.04. The molecule has 2 atom stereocenters. The molecule has 1 N–H and O–H groups in total. The molecule has 0 fully saturated rings. The Bertz CT molecular complexity index is 785. The normalized spacial score (nSPS) is 15.9. The number of amides is 1. The first-order valence-electron chi connectivity index (χ1n) is 9.63. The van der Waals surface area contributed by atoms with Crippen molar-refractivity contribution in [1.29, 1.82) is 0 Å². The molecule has 0 unspecified atom stereocenters. The van der Waals surface area contributed by atoms with Gasteiger partial charge in [-0.2, -0.15) is 0 Å². The van der Waals surface area contributed by atoms with Gasteiger partial charge in [0, 0.05) is 25.4 Å². The second-order valence-electron chi connectivity index (χ2n) is 7.51. The van der Waals surface area contributed by atoms with E-state index in [2.05, 4.69) is 24.1 Å². The Morgan fingerprint density at radius 2 is 1.96 bits per heavy atom. The quantitative estimate of drug-likeness (QED) is 0.844. The number of aryl methyl sites for hydroxylation is 1. The number of benzene rings is 1. The van der Waals surface area contributed by atoms with E-state index in [0.29, 0.717) is 19.8 Å². The van der Waals surface area contributed by atoms with Crippen molar-refractivity contribution in [3.8, 4) is 11.5 Å². The van der Waals surface area contributed by atoms with Crippen LogP contribution < -0.4 is 14.8 Å². The van der Waals surface area contributed by atoms with E-state index < -0.39 is 0 Å². The lowest BCUT2D eigenvalue weighted by molar-refractivity contribution is -0.126. The number of carbonyl (C=O) groups excluding carboxylic acids is 1. The van der Waals surface area contributed by atoms with Gasteiger partial charge in [-0.1, -0.05) is 26.8 Å². The van der Waals surface area contributed by atoms with Crippen molar-refractivity contribution in [3.05, 3.63) is 42.0 Å². The van der Waals surface area contributed by atoms with Crippen LogP contribution in [0.15, 0.2) is 30.6 Å². The van der Waals surface area contributed by atoms with Crippen molar-refractivity contribution in [3.63, 3.8) is 0 Å². The van der Waals surface area contributed by atoms with Crippen molar-refractivity contribution in [1.82, 2.24) is 14.9 Å². The van der Waals surface area contributed by atoms with Crippen molar-refractivity contribution < 1.29 is 14.3 Å². The van der Waals surface area contributed by atoms with Gasteiger partial charge in [-0.05, 0) is 30.5 Å². The van der Waals surface area contributed by atoms with Gasteiger partial charge in [-0.3, -0.25) is 4.79 Å². The van der Waals surface area contributed by atoms with Crippen LogP contribution >= 0.6 is 0 Å². The molecule has 2 heterocycles. The summed E-state index contributed by atoms with van der Waals surface area (Å²) in [5, 5.41) is 3.22. The summed E-state index contributed by atoms with van der Waals surface area (Å²) < 4.78 is 13.5. The van der Waals surface area contributed by atoms with Gasteiger partial charge in [-0.15, -0.1) is 0 Å². The number of nitrogens with one attached hydrogen (secondary N) is 1. The Morgan fingerprint density at radius 1 is 1.22 bits per heavy atom. The summed E-state index contributed by atoms with van der Waals surface area (Å²) in [6.45, 7) is 10.0. The Balaban J connectivity index is 1.73. The summed E-state index contributed by atoms with van der Waals surface area (Å²) in [6, 6.07) is 5.87. The van der Waals surface area contributed by atoms with Gasteiger partial charge in [0.25, 0.3) is 0 Å². The van der Waals surface area contributed by atoms with Crippen LogP contribution in [0.2, 0.25) is 0 Å². The number of hydrogen-bond donors (Lipinski definition) is 1. The molecule has 1 amide bonds. The number of nitrogens with zero attached hydrogens (tertiary/aromatic N) is 2. The molecular weight excluding hydrogens is 342 g/mol. The maximum Gasteiger partial charge on any atom is 0.225 e. The molecule has 3 rings (SSSR count). The maximum atomic E-state index is 12.8. The van der Waals surface area contributed by atoms with Gasteiger partial charge in [-0.25, -0.2) is 4.98 Å². The topological polar surface area (TPSA) is 65.4 Å².